The summed E-state index contributed by atoms with van der Waals surface area (Å²) in [5, 5.41) is 19.2. The van der Waals surface area contributed by atoms with Gasteiger partial charge in [0.15, 0.2) is 11.5 Å². The Balaban J connectivity index is 1.82. The third-order valence-electron chi connectivity index (χ3n) is 5.58. The zero-order chi connectivity index (χ0) is 23.8. The molecule has 180 valence electrons. The lowest BCUT2D eigenvalue weighted by molar-refractivity contribution is 0.107. The Labute approximate surface area is 194 Å². The van der Waals surface area contributed by atoms with Crippen LogP contribution < -0.4 is 14.0 Å². The van der Waals surface area contributed by atoms with Crippen molar-refractivity contribution in [3.8, 4) is 17.2 Å². The van der Waals surface area contributed by atoms with Crippen molar-refractivity contribution in [2.75, 3.05) is 14.2 Å². The van der Waals surface area contributed by atoms with Crippen LogP contribution in [0.5, 0.6) is 17.2 Å². The predicted molar refractivity (Wildman–Crippen MR) is 125 cm³/mol. The SMILES string of the molecule is COc1ccc(C=Cc2cc(CO)c(CO)c(OC)c2)cc1OP(=O)(O)OC1CCCCC1. The zero-order valence-corrected chi connectivity index (χ0v) is 19.8. The number of aliphatic hydroxyl groups excluding tert-OH is 2. The average Bonchev–Trinajstić information content (AvgIpc) is 2.82. The van der Waals surface area contributed by atoms with Gasteiger partial charge in [0, 0.05) is 5.56 Å². The third-order valence-corrected chi connectivity index (χ3v) is 6.57. The average molecular weight is 478 g/mol. The fourth-order valence-electron chi connectivity index (χ4n) is 3.89. The van der Waals surface area contributed by atoms with Crippen molar-refractivity contribution < 1.29 is 38.2 Å². The van der Waals surface area contributed by atoms with Crippen LogP contribution in [-0.2, 0) is 22.3 Å². The molecule has 0 saturated heterocycles. The smallest absolute Gasteiger partial charge is 0.496 e. The van der Waals surface area contributed by atoms with Crippen LogP contribution in [0.3, 0.4) is 0 Å². The molecular weight excluding hydrogens is 447 g/mol. The van der Waals surface area contributed by atoms with Gasteiger partial charge in [-0.3, -0.25) is 9.42 Å². The molecule has 0 bridgehead atoms. The molecule has 1 fully saturated rings. The summed E-state index contributed by atoms with van der Waals surface area (Å²) in [4.78, 5) is 10.3. The Kier molecular flexibility index (Phi) is 8.95. The quantitative estimate of drug-likeness (QED) is 0.333. The molecule has 8 nitrogen and oxygen atoms in total. The van der Waals surface area contributed by atoms with Gasteiger partial charge in [0.2, 0.25) is 0 Å². The van der Waals surface area contributed by atoms with Crippen molar-refractivity contribution in [2.45, 2.75) is 51.4 Å². The lowest BCUT2D eigenvalue weighted by atomic mass is 9.98. The van der Waals surface area contributed by atoms with E-state index in [2.05, 4.69) is 0 Å². The maximum atomic E-state index is 12.6. The van der Waals surface area contributed by atoms with Crippen LogP contribution in [0.25, 0.3) is 12.2 Å². The molecular formula is C24H31O8P. The summed E-state index contributed by atoms with van der Waals surface area (Å²) < 4.78 is 33.9. The molecule has 0 heterocycles. The molecule has 0 amide bonds. The Morgan fingerprint density at radius 2 is 1.58 bits per heavy atom. The van der Waals surface area contributed by atoms with Gasteiger partial charge >= 0.3 is 7.82 Å². The fraction of sp³-hybridized carbons (Fsp3) is 0.417. The molecule has 2 aromatic carbocycles. The molecule has 1 atom stereocenters. The number of rotatable bonds is 10. The van der Waals surface area contributed by atoms with Crippen molar-refractivity contribution in [1.29, 1.82) is 0 Å². The molecule has 0 aliphatic heterocycles. The molecule has 33 heavy (non-hydrogen) atoms. The van der Waals surface area contributed by atoms with E-state index in [1.54, 1.807) is 42.5 Å². The summed E-state index contributed by atoms with van der Waals surface area (Å²) in [5.41, 5.74) is 2.55. The van der Waals surface area contributed by atoms with Gasteiger partial charge in [-0.15, -0.1) is 0 Å². The maximum absolute atomic E-state index is 12.6. The Hall–Kier alpha value is -2.35. The Morgan fingerprint density at radius 3 is 2.21 bits per heavy atom. The maximum Gasteiger partial charge on any atom is 0.527 e. The lowest BCUT2D eigenvalue weighted by Crippen LogP contribution is -2.16. The number of ether oxygens (including phenoxy) is 2. The van der Waals surface area contributed by atoms with Crippen LogP contribution in [0.15, 0.2) is 30.3 Å². The summed E-state index contributed by atoms with van der Waals surface area (Å²) in [6, 6.07) is 8.52. The van der Waals surface area contributed by atoms with Crippen LogP contribution in [0, 0.1) is 0 Å². The second-order valence-corrected chi connectivity index (χ2v) is 9.18. The Bertz CT molecular complexity index is 989. The van der Waals surface area contributed by atoms with Gasteiger partial charge in [0.05, 0.1) is 33.5 Å². The molecule has 2 aromatic rings. The van der Waals surface area contributed by atoms with Gasteiger partial charge in [-0.05, 0) is 53.8 Å². The molecule has 1 saturated carbocycles. The number of aliphatic hydroxyl groups is 2. The van der Waals surface area contributed by atoms with Crippen molar-refractivity contribution in [1.82, 2.24) is 0 Å². The second kappa shape index (κ2) is 11.7. The first-order valence-corrected chi connectivity index (χ1v) is 12.4. The van der Waals surface area contributed by atoms with Crippen LogP contribution in [0.1, 0.15) is 54.4 Å². The Morgan fingerprint density at radius 1 is 0.909 bits per heavy atom. The molecule has 0 radical (unpaired) electrons. The number of methoxy groups -OCH3 is 2. The van der Waals surface area contributed by atoms with Crippen molar-refractivity contribution in [3.05, 3.63) is 52.6 Å². The summed E-state index contributed by atoms with van der Waals surface area (Å²) >= 11 is 0. The molecule has 0 aromatic heterocycles. The van der Waals surface area contributed by atoms with E-state index >= 15 is 0 Å². The van der Waals surface area contributed by atoms with Crippen LogP contribution >= 0.6 is 7.82 Å². The molecule has 9 heteroatoms. The van der Waals surface area contributed by atoms with Crippen molar-refractivity contribution in [2.24, 2.45) is 0 Å². The van der Waals surface area contributed by atoms with E-state index in [9.17, 15) is 19.7 Å². The van der Waals surface area contributed by atoms with Gasteiger partial charge in [-0.2, -0.15) is 0 Å². The normalized spacial score (nSPS) is 16.5. The first-order valence-electron chi connectivity index (χ1n) is 10.9. The molecule has 3 N–H and O–H groups in total. The van der Waals surface area contributed by atoms with Gasteiger partial charge in [0.1, 0.15) is 5.75 Å². The number of hydrogen-bond acceptors (Lipinski definition) is 7. The number of phosphoric acid groups is 1. The van der Waals surface area contributed by atoms with Gasteiger partial charge in [-0.1, -0.05) is 37.5 Å². The van der Waals surface area contributed by atoms with E-state index in [0.717, 1.165) is 37.7 Å². The minimum Gasteiger partial charge on any atom is -0.496 e. The highest BCUT2D eigenvalue weighted by molar-refractivity contribution is 7.47. The zero-order valence-electron chi connectivity index (χ0n) is 18.9. The van der Waals surface area contributed by atoms with E-state index < -0.39 is 7.82 Å². The summed E-state index contributed by atoms with van der Waals surface area (Å²) in [5.74, 6) is 0.888. The lowest BCUT2D eigenvalue weighted by Gasteiger charge is -2.24. The van der Waals surface area contributed by atoms with Gasteiger partial charge in [0.25, 0.3) is 0 Å². The minimum absolute atomic E-state index is 0.102. The fourth-order valence-corrected chi connectivity index (χ4v) is 4.91. The summed E-state index contributed by atoms with van der Waals surface area (Å²) in [7, 11) is -1.37. The van der Waals surface area contributed by atoms with Crippen molar-refractivity contribution >= 4 is 20.0 Å². The van der Waals surface area contributed by atoms with Gasteiger partial charge in [-0.25, -0.2) is 4.57 Å². The number of hydrogen-bond donors (Lipinski definition) is 3. The third kappa shape index (κ3) is 6.82. The molecule has 1 unspecified atom stereocenters. The van der Waals surface area contributed by atoms with E-state index in [-0.39, 0.29) is 25.1 Å². The number of phosphoric ester groups is 1. The molecule has 1 aliphatic rings. The highest BCUT2D eigenvalue weighted by atomic mass is 31.2. The summed E-state index contributed by atoms with van der Waals surface area (Å²) in [6.07, 6.45) is 7.81. The largest absolute Gasteiger partial charge is 0.527 e. The molecule has 1 aliphatic carbocycles. The first kappa shape index (κ1) is 25.3. The predicted octanol–water partition coefficient (Wildman–Crippen LogP) is 4.69. The highest BCUT2D eigenvalue weighted by Crippen LogP contribution is 2.49. The van der Waals surface area contributed by atoms with Crippen LogP contribution in [0.2, 0.25) is 0 Å². The van der Waals surface area contributed by atoms with Crippen molar-refractivity contribution in [3.63, 3.8) is 0 Å². The highest BCUT2D eigenvalue weighted by Gasteiger charge is 2.30. The minimum atomic E-state index is -4.32. The summed E-state index contributed by atoms with van der Waals surface area (Å²) in [6.45, 7) is -0.479. The van der Waals surface area contributed by atoms with Crippen LogP contribution in [-0.4, -0.2) is 35.4 Å². The second-order valence-electron chi connectivity index (χ2n) is 7.85. The number of benzene rings is 2. The molecule has 0 spiro atoms. The van der Waals surface area contributed by atoms with Crippen LogP contribution in [0.4, 0.5) is 0 Å². The van der Waals surface area contributed by atoms with E-state index in [4.69, 9.17) is 18.5 Å². The topological polar surface area (TPSA) is 115 Å². The van der Waals surface area contributed by atoms with E-state index in [1.807, 2.05) is 0 Å². The molecule has 3 rings (SSSR count). The standard InChI is InChI=1S/C24H31O8P/c1-29-22-11-10-17(8-9-18-12-19(15-25)21(16-26)23(14-18)30-2)13-24(22)32-33(27,28)31-20-6-4-3-5-7-20/h8-14,20,25-26H,3-7,15-16H2,1-2H3,(H,27,28). The van der Waals surface area contributed by atoms with E-state index in [0.29, 0.717) is 28.2 Å². The monoisotopic (exact) mass is 478 g/mol. The van der Waals surface area contributed by atoms with E-state index in [1.165, 1.54) is 14.2 Å². The first-order chi connectivity index (χ1) is 15.9. The van der Waals surface area contributed by atoms with Gasteiger partial charge < -0.3 is 24.2 Å².